The Balaban J connectivity index is 1.23. The monoisotopic (exact) mass is 426 g/mol. The molecule has 160 valence electrons. The lowest BCUT2D eigenvalue weighted by molar-refractivity contribution is -0.119. The molecule has 0 saturated heterocycles. The zero-order valence-electron chi connectivity index (χ0n) is 17.3. The number of nitrogens with zero attached hydrogens (tertiary/aromatic N) is 2. The smallest absolute Gasteiger partial charge is 0.259 e. The van der Waals surface area contributed by atoms with Crippen LogP contribution in [0.15, 0.2) is 84.1 Å². The van der Waals surface area contributed by atoms with Gasteiger partial charge in [-0.3, -0.25) is 4.79 Å². The molecule has 7 heteroatoms. The van der Waals surface area contributed by atoms with Crippen LogP contribution in [0.25, 0.3) is 10.9 Å². The number of rotatable bonds is 7. The molecule has 7 nitrogen and oxygen atoms in total. The van der Waals surface area contributed by atoms with E-state index >= 15 is 0 Å². The van der Waals surface area contributed by atoms with Crippen LogP contribution in [-0.4, -0.2) is 30.0 Å². The molecule has 0 saturated carbocycles. The number of carbonyl (C=O) groups excluding carboxylic acids is 1. The lowest BCUT2D eigenvalue weighted by Gasteiger charge is -2.06. The molecule has 2 N–H and O–H groups in total. The van der Waals surface area contributed by atoms with Crippen LogP contribution in [0.4, 0.5) is 5.69 Å². The normalized spacial score (nSPS) is 12.4. The number of nitrogens with one attached hydrogen (secondary N) is 2. The highest BCUT2D eigenvalue weighted by Crippen LogP contribution is 2.34. The summed E-state index contributed by atoms with van der Waals surface area (Å²) in [6.07, 6.45) is 3.74. The molecule has 0 unspecified atom stereocenters. The van der Waals surface area contributed by atoms with Crippen LogP contribution in [0.3, 0.4) is 0 Å². The number of benzene rings is 3. The Labute approximate surface area is 185 Å². The van der Waals surface area contributed by atoms with Crippen molar-refractivity contribution in [2.45, 2.75) is 6.54 Å². The largest absolute Gasteiger partial charge is 0.454 e. The van der Waals surface area contributed by atoms with Gasteiger partial charge in [0, 0.05) is 41.0 Å². The Morgan fingerprint density at radius 1 is 1.00 bits per heavy atom. The Morgan fingerprint density at radius 2 is 1.81 bits per heavy atom. The summed E-state index contributed by atoms with van der Waals surface area (Å²) in [5, 5.41) is 8.30. The average Bonchev–Trinajstić information content (AvgIpc) is 3.43. The minimum absolute atomic E-state index is 0.0900. The number of fused-ring (bicyclic) bond motifs is 2. The molecule has 1 aromatic heterocycles. The van der Waals surface area contributed by atoms with Crippen molar-refractivity contribution < 1.29 is 14.3 Å². The fourth-order valence-corrected chi connectivity index (χ4v) is 3.69. The predicted molar refractivity (Wildman–Crippen MR) is 124 cm³/mol. The van der Waals surface area contributed by atoms with Crippen molar-refractivity contribution in [1.82, 2.24) is 9.99 Å². The molecule has 1 aliphatic heterocycles. The van der Waals surface area contributed by atoms with E-state index in [1.165, 1.54) is 5.56 Å². The number of hydrogen-bond donors (Lipinski definition) is 2. The second-order valence-electron chi connectivity index (χ2n) is 7.43. The maximum Gasteiger partial charge on any atom is 0.259 e. The highest BCUT2D eigenvalue weighted by atomic mass is 16.7. The highest BCUT2D eigenvalue weighted by Gasteiger charge is 2.13. The first-order valence-electron chi connectivity index (χ1n) is 10.3. The lowest BCUT2D eigenvalue weighted by atomic mass is 10.2. The molecular formula is C25H22N4O3. The quantitative estimate of drug-likeness (QED) is 0.346. The van der Waals surface area contributed by atoms with E-state index in [9.17, 15) is 4.79 Å². The van der Waals surface area contributed by atoms with Crippen LogP contribution >= 0.6 is 0 Å². The fourth-order valence-electron chi connectivity index (χ4n) is 3.69. The molecule has 0 fully saturated rings. The molecule has 1 amide bonds. The molecule has 0 spiro atoms. The maximum atomic E-state index is 12.2. The number of ether oxygens (including phenoxy) is 2. The summed E-state index contributed by atoms with van der Waals surface area (Å²) in [6.45, 7) is 1.07. The van der Waals surface area contributed by atoms with E-state index in [0.29, 0.717) is 11.5 Å². The van der Waals surface area contributed by atoms with Crippen LogP contribution in [0.2, 0.25) is 0 Å². The van der Waals surface area contributed by atoms with E-state index in [2.05, 4.69) is 50.9 Å². The van der Waals surface area contributed by atoms with Gasteiger partial charge >= 0.3 is 0 Å². The van der Waals surface area contributed by atoms with Crippen LogP contribution in [0.1, 0.15) is 11.1 Å². The molecule has 0 atom stereocenters. The first-order chi connectivity index (χ1) is 15.8. The van der Waals surface area contributed by atoms with Gasteiger partial charge in [-0.2, -0.15) is 5.10 Å². The maximum absolute atomic E-state index is 12.2. The molecule has 0 aliphatic carbocycles. The molecule has 3 aromatic carbocycles. The zero-order chi connectivity index (χ0) is 21.8. The number of anilines is 1. The molecule has 0 radical (unpaired) electrons. The molecule has 0 bridgehead atoms. The van der Waals surface area contributed by atoms with Gasteiger partial charge in [0.25, 0.3) is 5.91 Å². The van der Waals surface area contributed by atoms with Gasteiger partial charge in [0.05, 0.1) is 12.8 Å². The number of para-hydroxylation sites is 1. The van der Waals surface area contributed by atoms with E-state index in [1.54, 1.807) is 12.3 Å². The summed E-state index contributed by atoms with van der Waals surface area (Å²) in [4.78, 5) is 12.2. The van der Waals surface area contributed by atoms with Gasteiger partial charge in [0.1, 0.15) is 0 Å². The van der Waals surface area contributed by atoms with Gasteiger partial charge in [-0.05, 0) is 23.8 Å². The summed E-state index contributed by atoms with van der Waals surface area (Å²) in [6, 6.07) is 23.9. The summed E-state index contributed by atoms with van der Waals surface area (Å²) in [5.41, 5.74) is 6.64. The Morgan fingerprint density at radius 3 is 2.72 bits per heavy atom. The third-order valence-corrected chi connectivity index (χ3v) is 5.23. The van der Waals surface area contributed by atoms with Crippen molar-refractivity contribution in [2.75, 3.05) is 18.7 Å². The molecule has 4 aromatic rings. The van der Waals surface area contributed by atoms with Gasteiger partial charge in [-0.15, -0.1) is 0 Å². The number of amides is 1. The Kier molecular flexibility index (Phi) is 5.45. The zero-order valence-corrected chi connectivity index (χ0v) is 17.3. The average molecular weight is 426 g/mol. The van der Waals surface area contributed by atoms with Gasteiger partial charge in [-0.25, -0.2) is 5.43 Å². The summed E-state index contributed by atoms with van der Waals surface area (Å²) in [7, 11) is 0. The number of hydrogen-bond acceptors (Lipinski definition) is 5. The van der Waals surface area contributed by atoms with Gasteiger partial charge in [0.15, 0.2) is 11.5 Å². The lowest BCUT2D eigenvalue weighted by Crippen LogP contribution is -2.25. The summed E-state index contributed by atoms with van der Waals surface area (Å²) >= 11 is 0. The van der Waals surface area contributed by atoms with Crippen LogP contribution in [0, 0.1) is 0 Å². The first-order valence-corrected chi connectivity index (χ1v) is 10.3. The topological polar surface area (TPSA) is 76.9 Å². The van der Waals surface area contributed by atoms with E-state index in [4.69, 9.17) is 9.47 Å². The van der Waals surface area contributed by atoms with Crippen LogP contribution < -0.4 is 20.2 Å². The SMILES string of the molecule is O=C(CNc1ccc2c(c1)OCO2)N/N=C/c1cn(Cc2ccccc2)c2ccccc12. The van der Waals surface area contributed by atoms with Crippen molar-refractivity contribution in [2.24, 2.45) is 5.10 Å². The van der Waals surface area contributed by atoms with E-state index in [0.717, 1.165) is 28.7 Å². The summed E-state index contributed by atoms with van der Waals surface area (Å²) in [5.74, 6) is 1.13. The molecular weight excluding hydrogens is 404 g/mol. The second-order valence-corrected chi connectivity index (χ2v) is 7.43. The minimum atomic E-state index is -0.244. The van der Waals surface area contributed by atoms with Gasteiger partial charge in [-0.1, -0.05) is 48.5 Å². The minimum Gasteiger partial charge on any atom is -0.454 e. The van der Waals surface area contributed by atoms with E-state index < -0.39 is 0 Å². The van der Waals surface area contributed by atoms with Crippen molar-refractivity contribution >= 4 is 28.7 Å². The van der Waals surface area contributed by atoms with E-state index in [1.807, 2.05) is 42.5 Å². The highest BCUT2D eigenvalue weighted by molar-refractivity contribution is 5.99. The Hall–Kier alpha value is -4.26. The van der Waals surface area contributed by atoms with Crippen molar-refractivity contribution in [3.05, 3.63) is 90.1 Å². The molecule has 1 aliphatic rings. The number of aromatic nitrogens is 1. The van der Waals surface area contributed by atoms with Crippen molar-refractivity contribution in [1.29, 1.82) is 0 Å². The molecule has 2 heterocycles. The third-order valence-electron chi connectivity index (χ3n) is 5.23. The standard InChI is InChI=1S/C25H22N4O3/c30-25(14-26-20-10-11-23-24(12-20)32-17-31-23)28-27-13-19-16-29(15-18-6-2-1-3-7-18)22-9-5-4-8-21(19)22/h1-13,16,26H,14-15,17H2,(H,28,30)/b27-13+. The second kappa shape index (κ2) is 8.85. The van der Waals surface area contributed by atoms with Crippen LogP contribution in [-0.2, 0) is 11.3 Å². The van der Waals surface area contributed by atoms with Crippen molar-refractivity contribution in [3.8, 4) is 11.5 Å². The predicted octanol–water partition coefficient (Wildman–Crippen LogP) is 3.98. The van der Waals surface area contributed by atoms with Crippen molar-refractivity contribution in [3.63, 3.8) is 0 Å². The molecule has 5 rings (SSSR count). The number of carbonyl (C=O) groups is 1. The summed E-state index contributed by atoms with van der Waals surface area (Å²) < 4.78 is 12.8. The molecule has 32 heavy (non-hydrogen) atoms. The number of hydrazone groups is 1. The van der Waals surface area contributed by atoms with Gasteiger partial charge in [0.2, 0.25) is 6.79 Å². The van der Waals surface area contributed by atoms with Gasteiger partial charge < -0.3 is 19.4 Å². The van der Waals surface area contributed by atoms with Crippen LogP contribution in [0.5, 0.6) is 11.5 Å². The third kappa shape index (κ3) is 4.27. The first kappa shape index (κ1) is 19.7. The van der Waals surface area contributed by atoms with E-state index in [-0.39, 0.29) is 19.2 Å². The fraction of sp³-hybridized carbons (Fsp3) is 0.120. The Bertz CT molecular complexity index is 1280.